The van der Waals surface area contributed by atoms with E-state index in [4.69, 9.17) is 0 Å². The summed E-state index contributed by atoms with van der Waals surface area (Å²) in [5, 5.41) is 5.69. The van der Waals surface area contributed by atoms with E-state index in [-0.39, 0.29) is 23.3 Å². The number of hydrogen-bond acceptors (Lipinski definition) is 5. The van der Waals surface area contributed by atoms with E-state index in [1.165, 1.54) is 16.7 Å². The standard InChI is InChI=1S/C26H28N4O4S/c1-19-6-5-7-23(24(19)29-25(31)21-12-14-27-15-13-21)26(32)28-18-20-8-10-22(11-9-20)35(33,34)30-16-3-2-4-17-30/h5-15H,2-4,16-18H2,1H3,(H,28,32)(H,29,31). The van der Waals surface area contributed by atoms with Gasteiger partial charge in [-0.3, -0.25) is 14.6 Å². The van der Waals surface area contributed by atoms with Gasteiger partial charge in [0.05, 0.1) is 16.1 Å². The highest BCUT2D eigenvalue weighted by Gasteiger charge is 2.25. The van der Waals surface area contributed by atoms with Crippen LogP contribution in [0.4, 0.5) is 5.69 Å². The zero-order valence-corrected chi connectivity index (χ0v) is 20.3. The Morgan fingerprint density at radius 3 is 2.29 bits per heavy atom. The van der Waals surface area contributed by atoms with Gasteiger partial charge in [-0.15, -0.1) is 0 Å². The quantitative estimate of drug-likeness (QED) is 0.522. The molecular formula is C26H28N4O4S. The van der Waals surface area contributed by atoms with Crippen molar-refractivity contribution in [2.24, 2.45) is 0 Å². The molecule has 2 amide bonds. The molecule has 1 aromatic heterocycles. The second kappa shape index (κ2) is 10.8. The molecule has 35 heavy (non-hydrogen) atoms. The number of amides is 2. The number of aryl methyl sites for hydroxylation is 1. The molecule has 0 atom stereocenters. The number of carbonyl (C=O) groups excluding carboxylic acids is 2. The van der Waals surface area contributed by atoms with Gasteiger partial charge in [0.15, 0.2) is 0 Å². The highest BCUT2D eigenvalue weighted by molar-refractivity contribution is 7.89. The number of anilines is 1. The maximum atomic E-state index is 13.0. The zero-order chi connectivity index (χ0) is 24.8. The molecule has 1 aliphatic rings. The average molecular weight is 493 g/mol. The molecule has 182 valence electrons. The lowest BCUT2D eigenvalue weighted by Crippen LogP contribution is -2.35. The molecular weight excluding hydrogens is 464 g/mol. The van der Waals surface area contributed by atoms with Crippen LogP contribution in [0.5, 0.6) is 0 Å². The van der Waals surface area contributed by atoms with Crippen LogP contribution in [-0.2, 0) is 16.6 Å². The van der Waals surface area contributed by atoms with Gasteiger partial charge >= 0.3 is 0 Å². The van der Waals surface area contributed by atoms with E-state index in [9.17, 15) is 18.0 Å². The Balaban J connectivity index is 1.43. The normalized spacial score (nSPS) is 14.3. The minimum Gasteiger partial charge on any atom is -0.348 e. The van der Waals surface area contributed by atoms with Crippen LogP contribution >= 0.6 is 0 Å². The Morgan fingerprint density at radius 2 is 1.60 bits per heavy atom. The lowest BCUT2D eigenvalue weighted by Gasteiger charge is -2.25. The van der Waals surface area contributed by atoms with E-state index in [0.717, 1.165) is 30.4 Å². The van der Waals surface area contributed by atoms with Gasteiger partial charge in [-0.1, -0.05) is 30.7 Å². The van der Waals surface area contributed by atoms with Crippen LogP contribution in [0, 0.1) is 6.92 Å². The number of nitrogens with one attached hydrogen (secondary N) is 2. The van der Waals surface area contributed by atoms with Crippen LogP contribution < -0.4 is 10.6 Å². The van der Waals surface area contributed by atoms with Gasteiger partial charge in [-0.05, 0) is 61.2 Å². The number of para-hydroxylation sites is 1. The molecule has 1 aliphatic heterocycles. The lowest BCUT2D eigenvalue weighted by atomic mass is 10.1. The van der Waals surface area contributed by atoms with Crippen molar-refractivity contribution in [1.29, 1.82) is 0 Å². The Labute approximate surface area is 205 Å². The number of rotatable bonds is 7. The molecule has 1 fully saturated rings. The van der Waals surface area contributed by atoms with E-state index < -0.39 is 10.0 Å². The van der Waals surface area contributed by atoms with Crippen molar-refractivity contribution >= 4 is 27.5 Å². The molecule has 9 heteroatoms. The molecule has 2 heterocycles. The third-order valence-corrected chi connectivity index (χ3v) is 7.94. The Hall–Kier alpha value is -3.56. The van der Waals surface area contributed by atoms with Crippen molar-refractivity contribution in [3.05, 3.63) is 89.2 Å². The summed E-state index contributed by atoms with van der Waals surface area (Å²) in [6.07, 6.45) is 5.88. The molecule has 0 radical (unpaired) electrons. The Kier molecular flexibility index (Phi) is 7.57. The number of aromatic nitrogens is 1. The molecule has 0 bridgehead atoms. The van der Waals surface area contributed by atoms with E-state index >= 15 is 0 Å². The fourth-order valence-corrected chi connectivity index (χ4v) is 5.54. The smallest absolute Gasteiger partial charge is 0.255 e. The van der Waals surface area contributed by atoms with Crippen molar-refractivity contribution < 1.29 is 18.0 Å². The van der Waals surface area contributed by atoms with Gasteiger partial charge in [0.25, 0.3) is 11.8 Å². The van der Waals surface area contributed by atoms with Crippen molar-refractivity contribution in [2.45, 2.75) is 37.6 Å². The van der Waals surface area contributed by atoms with Gasteiger partial charge in [0.2, 0.25) is 10.0 Å². The number of nitrogens with zero attached hydrogens (tertiary/aromatic N) is 2. The SMILES string of the molecule is Cc1cccc(C(=O)NCc2ccc(S(=O)(=O)N3CCCCC3)cc2)c1NC(=O)c1ccncc1. The van der Waals surface area contributed by atoms with Crippen LogP contribution in [-0.4, -0.2) is 42.6 Å². The molecule has 0 spiro atoms. The predicted octanol–water partition coefficient (Wildman–Crippen LogP) is 3.75. The van der Waals surface area contributed by atoms with Gasteiger partial charge in [0, 0.05) is 37.6 Å². The fourth-order valence-electron chi connectivity index (χ4n) is 4.02. The average Bonchev–Trinajstić information content (AvgIpc) is 2.89. The summed E-state index contributed by atoms with van der Waals surface area (Å²) < 4.78 is 27.2. The summed E-state index contributed by atoms with van der Waals surface area (Å²) >= 11 is 0. The summed E-state index contributed by atoms with van der Waals surface area (Å²) in [6, 6.07) is 15.0. The van der Waals surface area contributed by atoms with Gasteiger partial charge in [0.1, 0.15) is 0 Å². The topological polar surface area (TPSA) is 108 Å². The largest absolute Gasteiger partial charge is 0.348 e. The Morgan fingerprint density at radius 1 is 0.914 bits per heavy atom. The van der Waals surface area contributed by atoms with Crippen molar-refractivity contribution in [3.63, 3.8) is 0 Å². The molecule has 4 rings (SSSR count). The molecule has 8 nitrogen and oxygen atoms in total. The van der Waals surface area contributed by atoms with Crippen LogP contribution in [0.15, 0.2) is 71.9 Å². The summed E-state index contributed by atoms with van der Waals surface area (Å²) in [5.41, 5.74) is 2.75. The fraction of sp³-hybridized carbons (Fsp3) is 0.269. The van der Waals surface area contributed by atoms with Gasteiger partial charge in [-0.2, -0.15) is 4.31 Å². The van der Waals surface area contributed by atoms with E-state index in [2.05, 4.69) is 15.6 Å². The number of pyridine rings is 1. The second-order valence-electron chi connectivity index (χ2n) is 8.48. The number of carbonyl (C=O) groups is 2. The zero-order valence-electron chi connectivity index (χ0n) is 19.5. The van der Waals surface area contributed by atoms with E-state index in [0.29, 0.717) is 29.9 Å². The molecule has 1 saturated heterocycles. The summed E-state index contributed by atoms with van der Waals surface area (Å²) in [5.74, 6) is -0.676. The summed E-state index contributed by atoms with van der Waals surface area (Å²) in [4.78, 5) is 29.8. The molecule has 2 aromatic carbocycles. The highest BCUT2D eigenvalue weighted by atomic mass is 32.2. The first-order valence-electron chi connectivity index (χ1n) is 11.5. The number of sulfonamides is 1. The monoisotopic (exact) mass is 492 g/mol. The maximum absolute atomic E-state index is 13.0. The van der Waals surface area contributed by atoms with Crippen molar-refractivity contribution in [3.8, 4) is 0 Å². The van der Waals surface area contributed by atoms with E-state index in [1.54, 1.807) is 48.5 Å². The third-order valence-electron chi connectivity index (χ3n) is 6.03. The third kappa shape index (κ3) is 5.75. The molecule has 0 aliphatic carbocycles. The molecule has 0 saturated carbocycles. The van der Waals surface area contributed by atoms with Crippen molar-refractivity contribution in [1.82, 2.24) is 14.6 Å². The molecule has 3 aromatic rings. The maximum Gasteiger partial charge on any atom is 0.255 e. The Bertz CT molecular complexity index is 1300. The van der Waals surface area contributed by atoms with Crippen molar-refractivity contribution in [2.75, 3.05) is 18.4 Å². The predicted molar refractivity (Wildman–Crippen MR) is 134 cm³/mol. The second-order valence-corrected chi connectivity index (χ2v) is 10.4. The van der Waals surface area contributed by atoms with Crippen LogP contribution in [0.1, 0.15) is 51.1 Å². The first kappa shape index (κ1) is 24.6. The van der Waals surface area contributed by atoms with Crippen LogP contribution in [0.25, 0.3) is 0 Å². The minimum atomic E-state index is -3.50. The minimum absolute atomic E-state index is 0.217. The first-order chi connectivity index (χ1) is 16.9. The molecule has 2 N–H and O–H groups in total. The first-order valence-corrected chi connectivity index (χ1v) is 13.0. The van der Waals surface area contributed by atoms with Gasteiger partial charge in [-0.25, -0.2) is 8.42 Å². The van der Waals surface area contributed by atoms with E-state index in [1.807, 2.05) is 13.0 Å². The lowest BCUT2D eigenvalue weighted by molar-refractivity contribution is 0.0951. The summed E-state index contributed by atoms with van der Waals surface area (Å²) in [6.45, 7) is 3.14. The van der Waals surface area contributed by atoms with Crippen LogP contribution in [0.2, 0.25) is 0 Å². The number of benzene rings is 2. The summed E-state index contributed by atoms with van der Waals surface area (Å²) in [7, 11) is -3.50. The highest BCUT2D eigenvalue weighted by Crippen LogP contribution is 2.23. The number of piperidine rings is 1. The number of hydrogen-bond donors (Lipinski definition) is 2. The molecule has 0 unspecified atom stereocenters. The van der Waals surface area contributed by atoms with Crippen LogP contribution in [0.3, 0.4) is 0 Å². The van der Waals surface area contributed by atoms with Gasteiger partial charge < -0.3 is 10.6 Å².